The van der Waals surface area contributed by atoms with Gasteiger partial charge in [-0.1, -0.05) is 74.1 Å². The van der Waals surface area contributed by atoms with Gasteiger partial charge in [0.15, 0.2) is 5.76 Å². The summed E-state index contributed by atoms with van der Waals surface area (Å²) in [4.78, 5) is 191. The Morgan fingerprint density at radius 3 is 1.91 bits per heavy atom. The SMILES string of the molecule is CNC(=O)c1ccccc1Sc1ccc2c(/C=C/c3ccccn3)nn(C(=O)N(CCOCc3oc(=O)oc3C)CCC(=O)N[C@H](C(=O)N[C@H](CCN)C(=O)N[C@H]3CCNC(=O)[C@@H]([C@@H](C)O)NC(=O)[C@@H](CCN)NC(=O)[C@@H](CCN)NC(=O)[C@@H](CC(C)C)NC(=O)[C@@H](Cc4ccccc4)NC(=O)[C@@H](CCN)NC3=O)[C@@H](C)O)c2c1. The molecule has 0 saturated carbocycles. The fourth-order valence-electron chi connectivity index (χ4n) is 12.0. The number of nitrogens with zero attached hydrogens (tertiary/aromatic N) is 4. The van der Waals surface area contributed by atoms with Crippen LogP contribution in [0.15, 0.2) is 121 Å². The van der Waals surface area contributed by atoms with Crippen molar-refractivity contribution in [1.29, 1.82) is 0 Å². The number of aliphatic hydroxyl groups excluding tert-OH is 2. The predicted octanol–water partition coefficient (Wildman–Crippen LogP) is -1.83. The molecular weight excluding hydrogens is 1500 g/mol. The Labute approximate surface area is 661 Å². The van der Waals surface area contributed by atoms with Crippen molar-refractivity contribution in [3.63, 3.8) is 0 Å². The Balaban J connectivity index is 1.16. The average molecular weight is 1600 g/mol. The number of nitrogens with two attached hydrogens (primary N) is 4. The smallest absolute Gasteiger partial charge is 0.396 e. The maximum Gasteiger partial charge on any atom is 0.519 e. The largest absolute Gasteiger partial charge is 0.519 e. The zero-order valence-corrected chi connectivity index (χ0v) is 65.1. The molecule has 616 valence electrons. The quantitative estimate of drug-likeness (QED) is 0.0207. The fraction of sp³-hybridized carbons (Fsp3) is 0.461. The minimum Gasteiger partial charge on any atom is -0.396 e. The van der Waals surface area contributed by atoms with E-state index in [1.165, 1.54) is 44.5 Å². The van der Waals surface area contributed by atoms with Crippen LogP contribution in [0.3, 0.4) is 0 Å². The number of ether oxygens (including phenoxy) is 1. The van der Waals surface area contributed by atoms with Crippen LogP contribution in [0.2, 0.25) is 0 Å². The summed E-state index contributed by atoms with van der Waals surface area (Å²) in [5.74, 6) is -11.0. The van der Waals surface area contributed by atoms with Gasteiger partial charge < -0.3 is 110 Å². The molecule has 7 rings (SSSR count). The van der Waals surface area contributed by atoms with Gasteiger partial charge in [-0.05, 0) is 152 Å². The molecule has 3 aromatic heterocycles. The number of amides is 12. The van der Waals surface area contributed by atoms with Gasteiger partial charge in [0.1, 0.15) is 66.7 Å². The number of hydrogen-bond donors (Lipinski definition) is 17. The van der Waals surface area contributed by atoms with Crippen molar-refractivity contribution in [1.82, 2.24) is 78.1 Å². The molecule has 0 spiro atoms. The average Bonchev–Trinajstić information content (AvgIpc) is 1.62. The summed E-state index contributed by atoms with van der Waals surface area (Å²) in [6, 6.07) is 11.1. The highest BCUT2D eigenvalue weighted by atomic mass is 32.2. The molecular formula is C76H103N19O18S. The first kappa shape index (κ1) is 89.9. The lowest BCUT2D eigenvalue weighted by molar-refractivity contribution is -0.136. The van der Waals surface area contributed by atoms with Gasteiger partial charge in [-0.15, -0.1) is 0 Å². The minimum atomic E-state index is -1.82. The van der Waals surface area contributed by atoms with E-state index in [4.69, 9.17) is 41.6 Å². The molecule has 11 atom stereocenters. The van der Waals surface area contributed by atoms with Crippen LogP contribution < -0.4 is 87.2 Å². The molecule has 37 nitrogen and oxygen atoms in total. The maximum absolute atomic E-state index is 15.2. The number of pyridine rings is 1. The van der Waals surface area contributed by atoms with E-state index in [-0.39, 0.29) is 108 Å². The van der Waals surface area contributed by atoms with E-state index < -0.39 is 163 Å². The number of carbonyl (C=O) groups excluding carboxylic acids is 12. The van der Waals surface area contributed by atoms with Crippen LogP contribution in [0.5, 0.6) is 0 Å². The van der Waals surface area contributed by atoms with Crippen LogP contribution in [0.25, 0.3) is 23.1 Å². The number of fused-ring (bicyclic) bond motifs is 1. The van der Waals surface area contributed by atoms with Crippen molar-refractivity contribution < 1.29 is 81.3 Å². The first-order valence-electron chi connectivity index (χ1n) is 37.3. The molecule has 0 bridgehead atoms. The van der Waals surface area contributed by atoms with E-state index in [0.717, 1.165) is 4.68 Å². The van der Waals surface area contributed by atoms with Gasteiger partial charge >= 0.3 is 11.9 Å². The number of carbonyl (C=O) groups is 12. The van der Waals surface area contributed by atoms with Gasteiger partial charge in [0.25, 0.3) is 5.91 Å². The number of aromatic nitrogens is 3. The van der Waals surface area contributed by atoms with Crippen LogP contribution in [0.1, 0.15) is 111 Å². The van der Waals surface area contributed by atoms with Gasteiger partial charge in [0.2, 0.25) is 59.1 Å². The van der Waals surface area contributed by atoms with E-state index >= 15 is 4.79 Å². The third-order valence-electron chi connectivity index (χ3n) is 18.1. The third kappa shape index (κ3) is 26.7. The molecule has 12 amide bonds. The lowest BCUT2D eigenvalue weighted by Crippen LogP contribution is -2.61. The highest BCUT2D eigenvalue weighted by molar-refractivity contribution is 7.99. The maximum atomic E-state index is 15.2. The Hall–Kier alpha value is -11.3. The topological polar surface area (TPSA) is 568 Å². The molecule has 1 saturated heterocycles. The number of rotatable bonds is 32. The van der Waals surface area contributed by atoms with Crippen molar-refractivity contribution in [2.45, 2.75) is 169 Å². The molecule has 38 heteroatoms. The molecule has 1 fully saturated rings. The minimum absolute atomic E-state index is 0.0157. The number of benzene rings is 3. The monoisotopic (exact) mass is 1600 g/mol. The molecule has 0 unspecified atom stereocenters. The highest BCUT2D eigenvalue weighted by Crippen LogP contribution is 2.34. The second-order valence-electron chi connectivity index (χ2n) is 27.4. The van der Waals surface area contributed by atoms with Gasteiger partial charge in [-0.3, -0.25) is 57.7 Å². The lowest BCUT2D eigenvalue weighted by Gasteiger charge is -2.28. The Morgan fingerprint density at radius 2 is 1.31 bits per heavy atom. The standard InChI is InChI=1S/C76H103N19O18S/c1-42(2)38-57-71(105)86-52(23-29-77)66(100)85-55(26-32-80)70(104)92-63(43(3)96)73(107)83-34-27-56(69(103)84-53(24-30-78)68(102)90-58(72(106)89-57)39-46-14-8-7-9-15-46)87-67(101)54(25-31-79)88-74(108)64(44(4)97)91-62(98)28-35-94(36-37-111-41-60-45(5)112-76(110)113-60)75(109)95-59-40-48(114-61-18-11-10-17-50(61)65(99)81-6)20-21-49(59)51(93-95)22-19-47-16-12-13-33-82-47/h7-22,33,40,42-44,52-58,63-64,96-97H,23-32,34-39,41,77-80H2,1-6H3,(H,81,99)(H,83,107)(H,84,103)(H,85,100)(H,86,105)(H,87,101)(H,88,108)(H,89,106)(H,90,102)(H,91,98)(H,92,104)/b22-19+/t43-,44-,52-,53-,54-,55-,56+,57-,58-,63-,64+/m1/s1. The van der Waals surface area contributed by atoms with Gasteiger partial charge in [-0.2, -0.15) is 9.78 Å². The normalized spacial score (nSPS) is 19.5. The number of hydrogen-bond acceptors (Lipinski definition) is 25. The van der Waals surface area contributed by atoms with Gasteiger partial charge in [-0.25, -0.2) is 9.59 Å². The first-order valence-corrected chi connectivity index (χ1v) is 38.2. The Morgan fingerprint density at radius 1 is 0.693 bits per heavy atom. The summed E-state index contributed by atoms with van der Waals surface area (Å²) in [7, 11) is 1.51. The van der Waals surface area contributed by atoms with Crippen LogP contribution in [0.4, 0.5) is 4.79 Å². The van der Waals surface area contributed by atoms with Crippen molar-refractivity contribution in [2.24, 2.45) is 28.9 Å². The summed E-state index contributed by atoms with van der Waals surface area (Å²) in [5, 5.41) is 55.6. The van der Waals surface area contributed by atoms with E-state index in [1.54, 1.807) is 123 Å². The molecule has 6 aromatic rings. The van der Waals surface area contributed by atoms with E-state index in [1.807, 2.05) is 0 Å². The molecule has 21 N–H and O–H groups in total. The van der Waals surface area contributed by atoms with Crippen molar-refractivity contribution >= 4 is 106 Å². The fourth-order valence-corrected chi connectivity index (χ4v) is 13.0. The summed E-state index contributed by atoms with van der Waals surface area (Å²) in [6.45, 7) is 4.95. The van der Waals surface area contributed by atoms with E-state index in [9.17, 15) is 67.7 Å². The molecule has 4 heterocycles. The number of aliphatic hydroxyl groups is 2. The van der Waals surface area contributed by atoms with Crippen LogP contribution in [0, 0.1) is 12.8 Å². The zero-order chi connectivity index (χ0) is 83.1. The molecule has 0 aliphatic carbocycles. The molecule has 0 radical (unpaired) electrons. The van der Waals surface area contributed by atoms with Crippen molar-refractivity contribution in [3.05, 3.63) is 142 Å². The summed E-state index contributed by atoms with van der Waals surface area (Å²) < 4.78 is 17.0. The second kappa shape index (κ2) is 44.8. The first-order chi connectivity index (χ1) is 54.6. The number of aryl methyl sites for hydroxylation is 1. The summed E-state index contributed by atoms with van der Waals surface area (Å²) >= 11 is 1.26. The molecule has 1 aliphatic heterocycles. The van der Waals surface area contributed by atoms with Crippen LogP contribution >= 0.6 is 11.8 Å². The summed E-state index contributed by atoms with van der Waals surface area (Å²) in [5.41, 5.74) is 26.0. The number of nitrogens with one attached hydrogen (secondary N) is 11. The van der Waals surface area contributed by atoms with Gasteiger partial charge in [0.05, 0.1) is 41.3 Å². The van der Waals surface area contributed by atoms with Crippen molar-refractivity contribution in [3.8, 4) is 0 Å². The predicted molar refractivity (Wildman–Crippen MR) is 418 cm³/mol. The summed E-state index contributed by atoms with van der Waals surface area (Å²) in [6.07, 6.45) is -0.508. The van der Waals surface area contributed by atoms with E-state index in [0.29, 0.717) is 43.2 Å². The molecule has 114 heavy (non-hydrogen) atoms. The molecule has 3 aromatic carbocycles. The van der Waals surface area contributed by atoms with Crippen molar-refractivity contribution in [2.75, 3.05) is 59.5 Å². The second-order valence-corrected chi connectivity index (χ2v) is 28.5. The lowest BCUT2D eigenvalue weighted by atomic mass is 10.00. The Kier molecular flexibility index (Phi) is 35.4. The molecule has 1 aliphatic rings. The van der Waals surface area contributed by atoms with Crippen LogP contribution in [-0.4, -0.2) is 227 Å². The third-order valence-corrected chi connectivity index (χ3v) is 19.2. The van der Waals surface area contributed by atoms with Crippen LogP contribution in [-0.2, 0) is 65.7 Å². The Bertz CT molecular complexity index is 4390. The van der Waals surface area contributed by atoms with Gasteiger partial charge in [0, 0.05) is 60.9 Å². The zero-order valence-electron chi connectivity index (χ0n) is 64.3. The highest BCUT2D eigenvalue weighted by Gasteiger charge is 2.38. The van der Waals surface area contributed by atoms with E-state index in [2.05, 4.69) is 63.5 Å².